The highest BCUT2D eigenvalue weighted by molar-refractivity contribution is 5.84. The van der Waals surface area contributed by atoms with Gasteiger partial charge in [-0.05, 0) is 36.5 Å². The second-order valence-electron chi connectivity index (χ2n) is 6.40. The first-order chi connectivity index (χ1) is 11.8. The minimum absolute atomic E-state index is 0.0845. The Balaban J connectivity index is 1.99. The molecule has 0 heterocycles. The second kappa shape index (κ2) is 8.36. The van der Waals surface area contributed by atoms with Gasteiger partial charge < -0.3 is 10.1 Å². The molecule has 1 fully saturated rings. The van der Waals surface area contributed by atoms with E-state index in [0.29, 0.717) is 17.9 Å². The minimum atomic E-state index is -4.41. The number of alkyl halides is 3. The number of benzene rings is 1. The van der Waals surface area contributed by atoms with E-state index in [2.05, 4.69) is 5.32 Å². The average molecular weight is 357 g/mol. The van der Waals surface area contributed by atoms with Crippen LogP contribution in [0.3, 0.4) is 0 Å². The topological polar surface area (TPSA) is 55.4 Å². The van der Waals surface area contributed by atoms with Crippen LogP contribution < -0.4 is 5.32 Å². The van der Waals surface area contributed by atoms with E-state index in [4.69, 9.17) is 4.74 Å². The third-order valence-corrected chi connectivity index (χ3v) is 4.49. The monoisotopic (exact) mass is 357 g/mol. The predicted molar refractivity (Wildman–Crippen MR) is 85.7 cm³/mol. The van der Waals surface area contributed by atoms with Crippen molar-refractivity contribution in [3.8, 4) is 0 Å². The molecule has 0 saturated heterocycles. The van der Waals surface area contributed by atoms with Crippen molar-refractivity contribution in [1.29, 1.82) is 0 Å². The third kappa shape index (κ3) is 5.76. The third-order valence-electron chi connectivity index (χ3n) is 4.49. The molecule has 1 aliphatic rings. The SMILES string of the molecule is COC(=O)[C@@H](Cc1ccc(C(F)(F)F)cc1)NC(=O)CC1CCCC1. The maximum absolute atomic E-state index is 12.6. The van der Waals surface area contributed by atoms with Crippen LogP contribution in [0.25, 0.3) is 0 Å². The van der Waals surface area contributed by atoms with Crippen LogP contribution in [-0.2, 0) is 26.9 Å². The van der Waals surface area contributed by atoms with Crippen molar-refractivity contribution < 1.29 is 27.5 Å². The first-order valence-corrected chi connectivity index (χ1v) is 8.33. The Labute approximate surface area is 144 Å². The van der Waals surface area contributed by atoms with Gasteiger partial charge in [-0.3, -0.25) is 4.79 Å². The minimum Gasteiger partial charge on any atom is -0.467 e. The summed E-state index contributed by atoms with van der Waals surface area (Å²) in [7, 11) is 1.21. The molecule has 1 N–H and O–H groups in total. The van der Waals surface area contributed by atoms with Crippen molar-refractivity contribution in [3.05, 3.63) is 35.4 Å². The van der Waals surface area contributed by atoms with E-state index < -0.39 is 23.8 Å². The lowest BCUT2D eigenvalue weighted by atomic mass is 10.0. The zero-order valence-electron chi connectivity index (χ0n) is 14.1. The largest absolute Gasteiger partial charge is 0.467 e. The Morgan fingerprint density at radius 1 is 1.20 bits per heavy atom. The quantitative estimate of drug-likeness (QED) is 0.793. The molecule has 1 aromatic rings. The number of carbonyl (C=O) groups is 2. The summed E-state index contributed by atoms with van der Waals surface area (Å²) in [5.74, 6) is -0.502. The van der Waals surface area contributed by atoms with Crippen LogP contribution in [0.15, 0.2) is 24.3 Å². The number of methoxy groups -OCH3 is 1. The van der Waals surface area contributed by atoms with Gasteiger partial charge in [-0.2, -0.15) is 13.2 Å². The number of amides is 1. The summed E-state index contributed by atoms with van der Waals surface area (Å²) < 4.78 is 42.5. The Bertz CT molecular complexity index is 593. The fraction of sp³-hybridized carbons (Fsp3) is 0.556. The van der Waals surface area contributed by atoms with Crippen LogP contribution >= 0.6 is 0 Å². The summed E-state index contributed by atoms with van der Waals surface area (Å²) in [4.78, 5) is 24.0. The highest BCUT2D eigenvalue weighted by Gasteiger charge is 2.30. The summed E-state index contributed by atoms with van der Waals surface area (Å²) in [6, 6.07) is 3.63. The van der Waals surface area contributed by atoms with Gasteiger partial charge in [-0.1, -0.05) is 25.0 Å². The van der Waals surface area contributed by atoms with Crippen molar-refractivity contribution in [2.45, 2.75) is 50.7 Å². The molecular formula is C18H22F3NO3. The highest BCUT2D eigenvalue weighted by atomic mass is 19.4. The molecule has 4 nitrogen and oxygen atoms in total. The lowest BCUT2D eigenvalue weighted by molar-refractivity contribution is -0.145. The molecule has 25 heavy (non-hydrogen) atoms. The summed E-state index contributed by atoms with van der Waals surface area (Å²) >= 11 is 0. The Morgan fingerprint density at radius 3 is 2.32 bits per heavy atom. The predicted octanol–water partition coefficient (Wildman–Crippen LogP) is 3.49. The molecule has 0 spiro atoms. The number of rotatable bonds is 6. The lowest BCUT2D eigenvalue weighted by Crippen LogP contribution is -2.43. The average Bonchev–Trinajstić information content (AvgIpc) is 3.06. The number of hydrogen-bond donors (Lipinski definition) is 1. The molecule has 2 rings (SSSR count). The van der Waals surface area contributed by atoms with Crippen molar-refractivity contribution in [2.75, 3.05) is 7.11 Å². The van der Waals surface area contributed by atoms with Crippen LogP contribution in [0, 0.1) is 5.92 Å². The first kappa shape index (κ1) is 19.3. The fourth-order valence-electron chi connectivity index (χ4n) is 3.13. The normalized spacial score (nSPS) is 16.5. The van der Waals surface area contributed by atoms with E-state index in [9.17, 15) is 22.8 Å². The first-order valence-electron chi connectivity index (χ1n) is 8.33. The highest BCUT2D eigenvalue weighted by Crippen LogP contribution is 2.29. The summed E-state index contributed by atoms with van der Waals surface area (Å²) in [6.07, 6.45) is 0.287. The number of esters is 1. The molecule has 0 aliphatic heterocycles. The molecule has 0 bridgehead atoms. The molecule has 1 atom stereocenters. The van der Waals surface area contributed by atoms with E-state index in [0.717, 1.165) is 37.8 Å². The number of halogens is 3. The van der Waals surface area contributed by atoms with E-state index in [1.54, 1.807) is 0 Å². The van der Waals surface area contributed by atoms with Gasteiger partial charge in [0, 0.05) is 12.8 Å². The fourth-order valence-corrected chi connectivity index (χ4v) is 3.13. The summed E-state index contributed by atoms with van der Waals surface area (Å²) in [5, 5.41) is 2.65. The number of hydrogen-bond acceptors (Lipinski definition) is 3. The van der Waals surface area contributed by atoms with Gasteiger partial charge in [0.2, 0.25) is 5.91 Å². The number of ether oxygens (including phenoxy) is 1. The van der Waals surface area contributed by atoms with Gasteiger partial charge in [-0.25, -0.2) is 4.79 Å². The Hall–Kier alpha value is -2.05. The van der Waals surface area contributed by atoms with Crippen molar-refractivity contribution in [3.63, 3.8) is 0 Å². The van der Waals surface area contributed by atoms with Crippen LogP contribution in [0.5, 0.6) is 0 Å². The lowest BCUT2D eigenvalue weighted by Gasteiger charge is -2.18. The zero-order valence-corrected chi connectivity index (χ0v) is 14.1. The van der Waals surface area contributed by atoms with Gasteiger partial charge in [0.05, 0.1) is 12.7 Å². The van der Waals surface area contributed by atoms with Gasteiger partial charge in [0.25, 0.3) is 0 Å². The Morgan fingerprint density at radius 2 is 1.80 bits per heavy atom. The molecular weight excluding hydrogens is 335 g/mol. The van der Waals surface area contributed by atoms with Gasteiger partial charge in [0.1, 0.15) is 6.04 Å². The molecule has 1 aliphatic carbocycles. The maximum Gasteiger partial charge on any atom is 0.416 e. The molecule has 1 saturated carbocycles. The molecule has 0 radical (unpaired) electrons. The van der Waals surface area contributed by atoms with E-state index in [1.165, 1.54) is 19.2 Å². The van der Waals surface area contributed by atoms with E-state index >= 15 is 0 Å². The zero-order chi connectivity index (χ0) is 18.4. The summed E-state index contributed by atoms with van der Waals surface area (Å²) in [5.41, 5.74) is -0.235. The molecule has 138 valence electrons. The van der Waals surface area contributed by atoms with Gasteiger partial charge >= 0.3 is 12.1 Å². The van der Waals surface area contributed by atoms with Crippen LogP contribution in [-0.4, -0.2) is 25.0 Å². The van der Waals surface area contributed by atoms with Crippen molar-refractivity contribution >= 4 is 11.9 Å². The van der Waals surface area contributed by atoms with E-state index in [-0.39, 0.29) is 12.3 Å². The Kier molecular flexibility index (Phi) is 6.45. The van der Waals surface area contributed by atoms with E-state index in [1.807, 2.05) is 0 Å². The molecule has 1 aromatic carbocycles. The number of nitrogens with one attached hydrogen (secondary N) is 1. The van der Waals surface area contributed by atoms with Crippen LogP contribution in [0.2, 0.25) is 0 Å². The van der Waals surface area contributed by atoms with Crippen LogP contribution in [0.4, 0.5) is 13.2 Å². The maximum atomic E-state index is 12.6. The van der Waals surface area contributed by atoms with Crippen molar-refractivity contribution in [2.24, 2.45) is 5.92 Å². The van der Waals surface area contributed by atoms with Gasteiger partial charge in [0.15, 0.2) is 0 Å². The molecule has 0 aromatic heterocycles. The smallest absolute Gasteiger partial charge is 0.416 e. The molecule has 1 amide bonds. The molecule has 0 unspecified atom stereocenters. The standard InChI is InChI=1S/C18H22F3NO3/c1-25-17(24)15(22-16(23)11-12-4-2-3-5-12)10-13-6-8-14(9-7-13)18(19,20)21/h6-9,12,15H,2-5,10-11H2,1H3,(H,22,23)/t15-/m1/s1. The van der Waals surface area contributed by atoms with Gasteiger partial charge in [-0.15, -0.1) is 0 Å². The molecule has 7 heteroatoms. The number of carbonyl (C=O) groups excluding carboxylic acids is 2. The summed E-state index contributed by atoms with van der Waals surface area (Å²) in [6.45, 7) is 0. The van der Waals surface area contributed by atoms with Crippen molar-refractivity contribution in [1.82, 2.24) is 5.32 Å². The van der Waals surface area contributed by atoms with Crippen LogP contribution in [0.1, 0.15) is 43.2 Å². The second-order valence-corrected chi connectivity index (χ2v) is 6.40.